The van der Waals surface area contributed by atoms with Crippen molar-refractivity contribution in [2.24, 2.45) is 0 Å². The lowest BCUT2D eigenvalue weighted by molar-refractivity contribution is 0.712. The van der Waals surface area contributed by atoms with Crippen LogP contribution in [0.4, 0.5) is 0 Å². The molecule has 0 aliphatic carbocycles. The number of hydrogen-bond acceptors (Lipinski definition) is 0. The maximum atomic E-state index is 2.37. The summed E-state index contributed by atoms with van der Waals surface area (Å²) in [4.78, 5) is 0. The van der Waals surface area contributed by atoms with Crippen molar-refractivity contribution in [3.05, 3.63) is 47.5 Å². The molecule has 0 saturated carbocycles. The molecule has 0 nitrogen and oxygen atoms in total. The van der Waals surface area contributed by atoms with Crippen LogP contribution in [0.15, 0.2) is 42.0 Å². The topological polar surface area (TPSA) is 0 Å². The summed E-state index contributed by atoms with van der Waals surface area (Å²) >= 11 is 0. The highest BCUT2D eigenvalue weighted by Gasteiger charge is 1.91. The van der Waals surface area contributed by atoms with E-state index in [1.54, 1.807) is 0 Å². The fourth-order valence-electron chi connectivity index (χ4n) is 1.66. The first kappa shape index (κ1) is 12.0. The first-order valence-corrected chi connectivity index (χ1v) is 6.02. The van der Waals surface area contributed by atoms with Gasteiger partial charge in [0.2, 0.25) is 0 Å². The summed E-state index contributed by atoms with van der Waals surface area (Å²) in [6.45, 7) is 4.50. The Kier molecular flexibility index (Phi) is 5.84. The van der Waals surface area contributed by atoms with Crippen molar-refractivity contribution in [1.82, 2.24) is 0 Å². The maximum absolute atomic E-state index is 2.37. The van der Waals surface area contributed by atoms with E-state index in [-0.39, 0.29) is 0 Å². The molecule has 0 aromatic heterocycles. The van der Waals surface area contributed by atoms with E-state index in [9.17, 15) is 0 Å². The van der Waals surface area contributed by atoms with Gasteiger partial charge in [0.15, 0.2) is 0 Å². The van der Waals surface area contributed by atoms with Crippen LogP contribution in [0, 0.1) is 0 Å². The summed E-state index contributed by atoms with van der Waals surface area (Å²) in [5, 5.41) is 0. The molecule has 0 fully saturated rings. The van der Waals surface area contributed by atoms with Crippen LogP contribution in [0.5, 0.6) is 0 Å². The summed E-state index contributed by atoms with van der Waals surface area (Å²) in [7, 11) is 0. The molecule has 0 heterocycles. The fraction of sp³-hybridized carbons (Fsp3) is 0.467. The molecule has 0 aliphatic heterocycles. The van der Waals surface area contributed by atoms with E-state index in [0.717, 1.165) is 6.42 Å². The largest absolute Gasteiger partial charge is 0.0812 e. The van der Waals surface area contributed by atoms with Crippen molar-refractivity contribution in [2.75, 3.05) is 0 Å². The van der Waals surface area contributed by atoms with Crippen LogP contribution in [0.2, 0.25) is 0 Å². The number of allylic oxidation sites excluding steroid dienone is 2. The molecular formula is C15H22. The van der Waals surface area contributed by atoms with E-state index in [4.69, 9.17) is 0 Å². The van der Waals surface area contributed by atoms with Crippen molar-refractivity contribution in [3.63, 3.8) is 0 Å². The molecule has 1 rings (SSSR count). The second kappa shape index (κ2) is 7.28. The molecule has 0 spiro atoms. The Bertz CT molecular complexity index is 282. The molecule has 0 aliphatic rings. The summed E-state index contributed by atoms with van der Waals surface area (Å²) in [6, 6.07) is 10.7. The molecule has 0 amide bonds. The molecule has 0 atom stereocenters. The minimum absolute atomic E-state index is 1.08. The van der Waals surface area contributed by atoms with Crippen LogP contribution in [0.25, 0.3) is 0 Å². The molecule has 0 heteroatoms. The monoisotopic (exact) mass is 202 g/mol. The van der Waals surface area contributed by atoms with Crippen LogP contribution < -0.4 is 0 Å². The quantitative estimate of drug-likeness (QED) is 0.461. The summed E-state index contributed by atoms with van der Waals surface area (Å²) < 4.78 is 0. The van der Waals surface area contributed by atoms with Gasteiger partial charge < -0.3 is 0 Å². The van der Waals surface area contributed by atoms with Crippen molar-refractivity contribution in [1.29, 1.82) is 0 Å². The highest BCUT2D eigenvalue weighted by Crippen LogP contribution is 2.10. The third-order valence-electron chi connectivity index (χ3n) is 2.70. The predicted octanol–water partition coefficient (Wildman–Crippen LogP) is 4.76. The highest BCUT2D eigenvalue weighted by molar-refractivity contribution is 5.18. The molecule has 0 N–H and O–H groups in total. The molecular weight excluding hydrogens is 180 g/mol. The standard InChI is InChI=1S/C15H22/c1-3-4-6-9-14(2)12-13-15-10-7-5-8-11-15/h5,7-8,10-12H,3-4,6,9,13H2,1-2H3/b14-12+. The Balaban J connectivity index is 2.31. The summed E-state index contributed by atoms with van der Waals surface area (Å²) in [5.74, 6) is 0. The maximum Gasteiger partial charge on any atom is -0.00949 e. The lowest BCUT2D eigenvalue weighted by Crippen LogP contribution is -1.83. The van der Waals surface area contributed by atoms with E-state index in [1.165, 1.54) is 36.8 Å². The van der Waals surface area contributed by atoms with Crippen LogP contribution in [0.1, 0.15) is 45.1 Å². The SMILES string of the molecule is CCCCC/C(C)=C/Cc1ccccc1. The Morgan fingerprint density at radius 3 is 2.53 bits per heavy atom. The molecule has 82 valence electrons. The Morgan fingerprint density at radius 2 is 1.87 bits per heavy atom. The van der Waals surface area contributed by atoms with E-state index in [2.05, 4.69) is 50.3 Å². The second-order valence-corrected chi connectivity index (χ2v) is 4.20. The molecule has 0 bridgehead atoms. The third kappa shape index (κ3) is 5.41. The first-order valence-electron chi connectivity index (χ1n) is 6.02. The van der Waals surface area contributed by atoms with Gasteiger partial charge in [0, 0.05) is 0 Å². The van der Waals surface area contributed by atoms with Gasteiger partial charge in [-0.1, -0.05) is 61.7 Å². The van der Waals surface area contributed by atoms with Gasteiger partial charge in [0.25, 0.3) is 0 Å². The van der Waals surface area contributed by atoms with Gasteiger partial charge in [0.1, 0.15) is 0 Å². The number of rotatable bonds is 6. The second-order valence-electron chi connectivity index (χ2n) is 4.20. The fourth-order valence-corrected chi connectivity index (χ4v) is 1.66. The van der Waals surface area contributed by atoms with Gasteiger partial charge in [-0.25, -0.2) is 0 Å². The number of hydrogen-bond donors (Lipinski definition) is 0. The molecule has 1 aromatic carbocycles. The van der Waals surface area contributed by atoms with E-state index >= 15 is 0 Å². The van der Waals surface area contributed by atoms with Gasteiger partial charge in [0.05, 0.1) is 0 Å². The van der Waals surface area contributed by atoms with Crippen molar-refractivity contribution in [3.8, 4) is 0 Å². The van der Waals surface area contributed by atoms with Crippen molar-refractivity contribution < 1.29 is 0 Å². The van der Waals surface area contributed by atoms with Crippen LogP contribution in [-0.2, 0) is 6.42 Å². The lowest BCUT2D eigenvalue weighted by Gasteiger charge is -2.01. The van der Waals surface area contributed by atoms with Gasteiger partial charge >= 0.3 is 0 Å². The number of unbranched alkanes of at least 4 members (excludes halogenated alkanes) is 2. The normalized spacial score (nSPS) is 11.7. The third-order valence-corrected chi connectivity index (χ3v) is 2.70. The van der Waals surface area contributed by atoms with Crippen LogP contribution in [0.3, 0.4) is 0 Å². The zero-order valence-corrected chi connectivity index (χ0v) is 10.00. The Labute approximate surface area is 94.0 Å². The molecule has 0 saturated heterocycles. The zero-order valence-electron chi connectivity index (χ0n) is 10.00. The minimum Gasteiger partial charge on any atom is -0.0812 e. The van der Waals surface area contributed by atoms with E-state index in [0.29, 0.717) is 0 Å². The average molecular weight is 202 g/mol. The van der Waals surface area contributed by atoms with Crippen molar-refractivity contribution >= 4 is 0 Å². The Morgan fingerprint density at radius 1 is 1.13 bits per heavy atom. The van der Waals surface area contributed by atoms with Gasteiger partial charge in [-0.3, -0.25) is 0 Å². The molecule has 0 unspecified atom stereocenters. The molecule has 15 heavy (non-hydrogen) atoms. The van der Waals surface area contributed by atoms with Gasteiger partial charge in [-0.05, 0) is 31.7 Å². The average Bonchev–Trinajstić information content (AvgIpc) is 2.28. The minimum atomic E-state index is 1.08. The van der Waals surface area contributed by atoms with Crippen LogP contribution >= 0.6 is 0 Å². The molecule has 0 radical (unpaired) electrons. The van der Waals surface area contributed by atoms with E-state index < -0.39 is 0 Å². The zero-order chi connectivity index (χ0) is 10.9. The van der Waals surface area contributed by atoms with Crippen LogP contribution in [-0.4, -0.2) is 0 Å². The number of benzene rings is 1. The van der Waals surface area contributed by atoms with Gasteiger partial charge in [-0.2, -0.15) is 0 Å². The molecule has 1 aromatic rings. The highest BCUT2D eigenvalue weighted by atomic mass is 14.0. The van der Waals surface area contributed by atoms with Gasteiger partial charge in [-0.15, -0.1) is 0 Å². The van der Waals surface area contributed by atoms with E-state index in [1.807, 2.05) is 0 Å². The first-order chi connectivity index (χ1) is 7.33. The smallest absolute Gasteiger partial charge is 0.00949 e. The Hall–Kier alpha value is -1.04. The summed E-state index contributed by atoms with van der Waals surface area (Å²) in [5.41, 5.74) is 2.94. The lowest BCUT2D eigenvalue weighted by atomic mass is 10.1. The predicted molar refractivity (Wildman–Crippen MR) is 68.0 cm³/mol. The van der Waals surface area contributed by atoms with Crippen molar-refractivity contribution in [2.45, 2.75) is 46.0 Å². The summed E-state index contributed by atoms with van der Waals surface area (Å²) in [6.07, 6.45) is 8.72.